The van der Waals surface area contributed by atoms with Gasteiger partial charge in [-0.1, -0.05) is 25.3 Å². The molecule has 0 amide bonds. The van der Waals surface area contributed by atoms with Crippen molar-refractivity contribution in [1.29, 1.82) is 0 Å². The summed E-state index contributed by atoms with van der Waals surface area (Å²) in [6.07, 6.45) is 7.61. The van der Waals surface area contributed by atoms with Gasteiger partial charge in [0.15, 0.2) is 0 Å². The van der Waals surface area contributed by atoms with Crippen LogP contribution in [-0.2, 0) is 11.2 Å². The van der Waals surface area contributed by atoms with E-state index in [0.717, 1.165) is 49.4 Å². The fourth-order valence-electron chi connectivity index (χ4n) is 3.04. The Morgan fingerprint density at radius 1 is 1.27 bits per heavy atom. The lowest BCUT2D eigenvalue weighted by Gasteiger charge is -2.25. The van der Waals surface area contributed by atoms with Gasteiger partial charge in [-0.15, -0.1) is 0 Å². The molecule has 2 aliphatic heterocycles. The number of piperidine rings is 1. The number of fused-ring (bicyclic) bond motifs is 1. The minimum absolute atomic E-state index is 0.379. The van der Waals surface area contributed by atoms with Gasteiger partial charge in [-0.05, 0) is 50.3 Å². The molecule has 0 radical (unpaired) electrons. The summed E-state index contributed by atoms with van der Waals surface area (Å²) in [5.74, 6) is 1.86. The van der Waals surface area contributed by atoms with E-state index in [-0.39, 0.29) is 0 Å². The summed E-state index contributed by atoms with van der Waals surface area (Å²) in [7, 11) is 0. The summed E-state index contributed by atoms with van der Waals surface area (Å²) in [5, 5.41) is 3.39. The molecule has 1 aromatic rings. The molecule has 1 aromatic carbocycles. The Bertz CT molecular complexity index is 597. The van der Waals surface area contributed by atoms with Gasteiger partial charge in [0.05, 0.1) is 5.69 Å². The molecule has 22 heavy (non-hydrogen) atoms. The van der Waals surface area contributed by atoms with E-state index in [9.17, 15) is 0 Å². The fourth-order valence-corrected chi connectivity index (χ4v) is 3.04. The Morgan fingerprint density at radius 3 is 3.00 bits per heavy atom. The summed E-state index contributed by atoms with van der Waals surface area (Å²) in [5.41, 5.74) is 3.34. The van der Waals surface area contributed by atoms with E-state index in [4.69, 9.17) is 4.74 Å². The van der Waals surface area contributed by atoms with E-state index in [1.165, 1.54) is 18.4 Å². The molecule has 1 unspecified atom stereocenters. The topological polar surface area (TPSA) is 33.6 Å². The van der Waals surface area contributed by atoms with Crippen LogP contribution in [0.4, 0.5) is 5.69 Å². The van der Waals surface area contributed by atoms with Crippen molar-refractivity contribution in [3.63, 3.8) is 0 Å². The maximum atomic E-state index is 5.92. The lowest BCUT2D eigenvalue weighted by molar-refractivity contribution is 0.279. The zero-order valence-electron chi connectivity index (χ0n) is 13.1. The quantitative estimate of drug-likeness (QED) is 0.844. The smallest absolute Gasteiger partial charge is 0.127 e. The molecule has 1 saturated heterocycles. The zero-order valence-corrected chi connectivity index (χ0v) is 13.1. The Hall–Kier alpha value is -1.87. The van der Waals surface area contributed by atoms with E-state index in [1.54, 1.807) is 0 Å². The number of benzene rings is 1. The molecule has 0 bridgehead atoms. The first kappa shape index (κ1) is 15.0. The van der Waals surface area contributed by atoms with Crippen LogP contribution in [0.2, 0.25) is 0 Å². The SMILES string of the molecule is C=C(OC(=C)C1CCCNC1)c1ccc2c(c1)N=CCCC2. The number of rotatable bonds is 4. The molecule has 2 heterocycles. The third kappa shape index (κ3) is 3.47. The van der Waals surface area contributed by atoms with Crippen LogP contribution in [0, 0.1) is 5.92 Å². The van der Waals surface area contributed by atoms with Crippen LogP contribution in [0.5, 0.6) is 0 Å². The average Bonchev–Trinajstić information content (AvgIpc) is 2.80. The number of ether oxygens (including phenoxy) is 1. The number of aliphatic imine (C=N–C) groups is 1. The van der Waals surface area contributed by atoms with Crippen LogP contribution in [0.15, 0.2) is 42.1 Å². The van der Waals surface area contributed by atoms with Crippen molar-refractivity contribution in [2.75, 3.05) is 13.1 Å². The molecule has 0 aromatic heterocycles. The molecule has 3 heteroatoms. The molecule has 3 rings (SSSR count). The van der Waals surface area contributed by atoms with Gasteiger partial charge >= 0.3 is 0 Å². The van der Waals surface area contributed by atoms with Crippen molar-refractivity contribution in [3.8, 4) is 0 Å². The van der Waals surface area contributed by atoms with Crippen molar-refractivity contribution in [2.45, 2.75) is 32.1 Å². The van der Waals surface area contributed by atoms with Gasteiger partial charge in [-0.2, -0.15) is 0 Å². The second-order valence-electron chi connectivity index (χ2n) is 6.08. The molecule has 1 fully saturated rings. The highest BCUT2D eigenvalue weighted by Gasteiger charge is 2.18. The van der Waals surface area contributed by atoms with Gasteiger partial charge in [0.2, 0.25) is 0 Å². The predicted molar refractivity (Wildman–Crippen MR) is 92.4 cm³/mol. The highest BCUT2D eigenvalue weighted by Crippen LogP contribution is 2.30. The number of nitrogens with one attached hydrogen (secondary N) is 1. The number of hydrogen-bond acceptors (Lipinski definition) is 3. The van der Waals surface area contributed by atoms with Crippen LogP contribution in [0.1, 0.15) is 36.8 Å². The number of aryl methyl sites for hydroxylation is 1. The van der Waals surface area contributed by atoms with Crippen LogP contribution < -0.4 is 5.32 Å². The molecule has 1 N–H and O–H groups in total. The van der Waals surface area contributed by atoms with Gasteiger partial charge in [0, 0.05) is 24.2 Å². The summed E-state index contributed by atoms with van der Waals surface area (Å²) in [6.45, 7) is 10.2. The molecule has 0 saturated carbocycles. The molecule has 2 aliphatic rings. The van der Waals surface area contributed by atoms with E-state index in [1.807, 2.05) is 6.21 Å². The second-order valence-corrected chi connectivity index (χ2v) is 6.08. The predicted octanol–water partition coefficient (Wildman–Crippen LogP) is 4.23. The largest absolute Gasteiger partial charge is 0.462 e. The standard InChI is InChI=1S/C19H24N2O/c1-14(22-15(2)18-7-5-10-20-13-18)17-9-8-16-6-3-4-11-21-19(16)12-17/h8-9,11-12,18,20H,1-7,10,13H2. The summed E-state index contributed by atoms with van der Waals surface area (Å²) in [4.78, 5) is 4.54. The maximum absolute atomic E-state index is 5.92. The lowest BCUT2D eigenvalue weighted by atomic mass is 9.98. The summed E-state index contributed by atoms with van der Waals surface area (Å²) >= 11 is 0. The normalized spacial score (nSPS) is 20.8. The van der Waals surface area contributed by atoms with Gasteiger partial charge in [-0.3, -0.25) is 4.99 Å². The van der Waals surface area contributed by atoms with Crippen LogP contribution in [0.3, 0.4) is 0 Å². The molecular weight excluding hydrogens is 272 g/mol. The van der Waals surface area contributed by atoms with Crippen molar-refractivity contribution in [1.82, 2.24) is 5.32 Å². The number of hydrogen-bond donors (Lipinski definition) is 1. The van der Waals surface area contributed by atoms with Gasteiger partial charge < -0.3 is 10.1 Å². The van der Waals surface area contributed by atoms with E-state index in [2.05, 4.69) is 41.7 Å². The minimum Gasteiger partial charge on any atom is -0.462 e. The van der Waals surface area contributed by atoms with Gasteiger partial charge in [0.1, 0.15) is 11.5 Å². The monoisotopic (exact) mass is 296 g/mol. The van der Waals surface area contributed by atoms with Crippen molar-refractivity contribution >= 4 is 17.7 Å². The van der Waals surface area contributed by atoms with Crippen LogP contribution in [-0.4, -0.2) is 19.3 Å². The summed E-state index contributed by atoms with van der Waals surface area (Å²) in [6, 6.07) is 6.30. The van der Waals surface area contributed by atoms with Gasteiger partial charge in [0.25, 0.3) is 0 Å². The average molecular weight is 296 g/mol. The first-order chi connectivity index (χ1) is 10.7. The Morgan fingerprint density at radius 2 is 2.18 bits per heavy atom. The van der Waals surface area contributed by atoms with Crippen LogP contribution >= 0.6 is 0 Å². The second kappa shape index (κ2) is 6.93. The third-order valence-electron chi connectivity index (χ3n) is 4.42. The minimum atomic E-state index is 0.379. The maximum Gasteiger partial charge on any atom is 0.127 e. The Kier molecular flexibility index (Phi) is 4.74. The zero-order chi connectivity index (χ0) is 15.4. The van der Waals surface area contributed by atoms with Crippen molar-refractivity contribution in [2.24, 2.45) is 10.9 Å². The fraction of sp³-hybridized carbons (Fsp3) is 0.421. The lowest BCUT2D eigenvalue weighted by Crippen LogP contribution is -2.31. The first-order valence-corrected chi connectivity index (χ1v) is 8.16. The third-order valence-corrected chi connectivity index (χ3v) is 4.42. The Labute approximate surface area is 132 Å². The van der Waals surface area contributed by atoms with Gasteiger partial charge in [-0.25, -0.2) is 0 Å². The molecule has 116 valence electrons. The first-order valence-electron chi connectivity index (χ1n) is 8.16. The number of nitrogens with zero attached hydrogens (tertiary/aromatic N) is 1. The van der Waals surface area contributed by atoms with E-state index >= 15 is 0 Å². The van der Waals surface area contributed by atoms with E-state index < -0.39 is 0 Å². The van der Waals surface area contributed by atoms with Crippen LogP contribution in [0.25, 0.3) is 5.76 Å². The van der Waals surface area contributed by atoms with E-state index in [0.29, 0.717) is 11.7 Å². The highest BCUT2D eigenvalue weighted by molar-refractivity contribution is 5.70. The molecular formula is C19H24N2O. The Balaban J connectivity index is 1.69. The van der Waals surface area contributed by atoms with Crippen molar-refractivity contribution in [3.05, 3.63) is 48.2 Å². The molecule has 0 aliphatic carbocycles. The summed E-state index contributed by atoms with van der Waals surface area (Å²) < 4.78 is 5.92. The molecule has 3 nitrogen and oxygen atoms in total. The molecule has 0 spiro atoms. The highest BCUT2D eigenvalue weighted by atomic mass is 16.5. The molecule has 1 atom stereocenters. The van der Waals surface area contributed by atoms with Crippen molar-refractivity contribution < 1.29 is 4.74 Å².